The first kappa shape index (κ1) is 25.2. The molecule has 0 aromatic heterocycles. The average Bonchev–Trinajstić information content (AvgIpc) is 3.23. The van der Waals surface area contributed by atoms with Gasteiger partial charge in [0.05, 0.1) is 12.0 Å². The number of hydrogen-bond acceptors (Lipinski definition) is 5. The molecule has 0 amide bonds. The van der Waals surface area contributed by atoms with Crippen molar-refractivity contribution in [2.45, 2.75) is 44.4 Å². The van der Waals surface area contributed by atoms with Gasteiger partial charge in [-0.25, -0.2) is 8.42 Å². The van der Waals surface area contributed by atoms with Crippen molar-refractivity contribution in [1.29, 1.82) is 0 Å². The van der Waals surface area contributed by atoms with E-state index in [2.05, 4.69) is 29.0 Å². The molecule has 2 heterocycles. The van der Waals surface area contributed by atoms with Crippen LogP contribution in [0.5, 0.6) is 5.75 Å². The highest BCUT2D eigenvalue weighted by atomic mass is 32.2. The van der Waals surface area contributed by atoms with Crippen molar-refractivity contribution >= 4 is 27.4 Å². The Morgan fingerprint density at radius 3 is 2.53 bits per heavy atom. The molecule has 2 aliphatic rings. The third-order valence-corrected chi connectivity index (χ3v) is 9.31. The summed E-state index contributed by atoms with van der Waals surface area (Å²) in [5.41, 5.74) is 0.160. The molecule has 0 unspecified atom stereocenters. The Labute approximate surface area is 199 Å². The van der Waals surface area contributed by atoms with Crippen molar-refractivity contribution in [3.63, 3.8) is 0 Å². The summed E-state index contributed by atoms with van der Waals surface area (Å²) in [7, 11) is -1.95. The number of methoxy groups -OCH3 is 1. The summed E-state index contributed by atoms with van der Waals surface area (Å²) in [5, 5.41) is 4.27. The standard InChI is InChI=1S/C23H38N4O3S2/c1-4-25(5-2)14-7-13-24-22(31)26-15-10-23(19-26)11-16-27(17-12-23)32(28,29)21-9-6-8-20(18-21)30-3/h6,8-9,18H,4-5,7,10-17,19H2,1-3H3,(H,24,31). The number of rotatable bonds is 9. The van der Waals surface area contributed by atoms with Crippen LogP contribution in [-0.4, -0.2) is 87.1 Å². The number of likely N-dealkylation sites (tertiary alicyclic amines) is 1. The van der Waals surface area contributed by atoms with Crippen molar-refractivity contribution in [2.24, 2.45) is 5.41 Å². The lowest BCUT2D eigenvalue weighted by Crippen LogP contribution is -2.45. The lowest BCUT2D eigenvalue weighted by atomic mass is 9.78. The fraction of sp³-hybridized carbons (Fsp3) is 0.696. The highest BCUT2D eigenvalue weighted by Gasteiger charge is 2.43. The van der Waals surface area contributed by atoms with Crippen LogP contribution in [0.25, 0.3) is 0 Å². The highest BCUT2D eigenvalue weighted by molar-refractivity contribution is 7.89. The molecule has 1 aromatic rings. The maximum Gasteiger partial charge on any atom is 0.243 e. The molecule has 1 aromatic carbocycles. The summed E-state index contributed by atoms with van der Waals surface area (Å²) in [6.45, 7) is 11.5. The predicted molar refractivity (Wildman–Crippen MR) is 133 cm³/mol. The monoisotopic (exact) mass is 482 g/mol. The molecule has 2 aliphatic heterocycles. The van der Waals surface area contributed by atoms with Gasteiger partial charge in [-0.1, -0.05) is 19.9 Å². The van der Waals surface area contributed by atoms with Crippen LogP contribution in [0.15, 0.2) is 29.2 Å². The lowest BCUT2D eigenvalue weighted by molar-refractivity contribution is 0.166. The number of piperidine rings is 1. The number of thiocarbonyl (C=S) groups is 1. The van der Waals surface area contributed by atoms with E-state index in [1.165, 1.54) is 0 Å². The fourth-order valence-corrected chi connectivity index (χ4v) is 6.51. The summed E-state index contributed by atoms with van der Waals surface area (Å²) in [4.78, 5) is 5.00. The van der Waals surface area contributed by atoms with Crippen LogP contribution in [0.1, 0.15) is 39.5 Å². The van der Waals surface area contributed by atoms with Crippen LogP contribution in [-0.2, 0) is 10.0 Å². The number of nitrogens with zero attached hydrogens (tertiary/aromatic N) is 3. The van der Waals surface area contributed by atoms with E-state index in [0.717, 1.165) is 70.1 Å². The minimum Gasteiger partial charge on any atom is -0.497 e. The molecule has 9 heteroatoms. The van der Waals surface area contributed by atoms with E-state index in [9.17, 15) is 8.42 Å². The van der Waals surface area contributed by atoms with Gasteiger partial charge < -0.3 is 19.9 Å². The predicted octanol–water partition coefficient (Wildman–Crippen LogP) is 2.78. The van der Waals surface area contributed by atoms with Gasteiger partial charge in [0.1, 0.15) is 5.75 Å². The first-order valence-corrected chi connectivity index (χ1v) is 13.6. The van der Waals surface area contributed by atoms with Crippen LogP contribution in [0.4, 0.5) is 0 Å². The van der Waals surface area contributed by atoms with E-state index < -0.39 is 10.0 Å². The molecule has 0 bridgehead atoms. The first-order valence-electron chi connectivity index (χ1n) is 11.7. The van der Waals surface area contributed by atoms with Crippen molar-refractivity contribution in [3.05, 3.63) is 24.3 Å². The molecule has 7 nitrogen and oxygen atoms in total. The number of nitrogens with one attached hydrogen (secondary N) is 1. The van der Waals surface area contributed by atoms with E-state index in [-0.39, 0.29) is 5.41 Å². The zero-order valence-electron chi connectivity index (χ0n) is 19.7. The van der Waals surface area contributed by atoms with Crippen molar-refractivity contribution in [1.82, 2.24) is 19.4 Å². The molecule has 0 radical (unpaired) electrons. The molecule has 32 heavy (non-hydrogen) atoms. The lowest BCUT2D eigenvalue weighted by Gasteiger charge is -2.38. The van der Waals surface area contributed by atoms with Crippen LogP contribution in [0, 0.1) is 5.41 Å². The largest absolute Gasteiger partial charge is 0.497 e. The van der Waals surface area contributed by atoms with Gasteiger partial charge in [0, 0.05) is 38.8 Å². The van der Waals surface area contributed by atoms with Crippen LogP contribution in [0.3, 0.4) is 0 Å². The van der Waals surface area contributed by atoms with E-state index in [4.69, 9.17) is 17.0 Å². The Balaban J connectivity index is 1.49. The SMILES string of the molecule is CCN(CC)CCCNC(=S)N1CCC2(CCN(S(=O)(=O)c3cccc(OC)c3)CC2)C1. The molecule has 180 valence electrons. The second-order valence-corrected chi connectivity index (χ2v) is 11.2. The summed E-state index contributed by atoms with van der Waals surface area (Å²) in [6.07, 6.45) is 3.90. The Bertz CT molecular complexity index is 866. The van der Waals surface area contributed by atoms with Crippen molar-refractivity contribution in [2.75, 3.05) is 59.5 Å². The molecule has 0 saturated carbocycles. The molecular formula is C23H38N4O3S2. The van der Waals surface area contributed by atoms with E-state index in [1.54, 1.807) is 35.7 Å². The van der Waals surface area contributed by atoms with Gasteiger partial charge in [0.25, 0.3) is 0 Å². The highest BCUT2D eigenvalue weighted by Crippen LogP contribution is 2.41. The van der Waals surface area contributed by atoms with Gasteiger partial charge in [-0.05, 0) is 75.1 Å². The van der Waals surface area contributed by atoms with Gasteiger partial charge in [0.2, 0.25) is 10.0 Å². The molecule has 1 N–H and O–H groups in total. The summed E-state index contributed by atoms with van der Waals surface area (Å²) in [5.74, 6) is 0.559. The molecule has 1 spiro atoms. The second kappa shape index (κ2) is 11.1. The van der Waals surface area contributed by atoms with Gasteiger partial charge in [-0.2, -0.15) is 4.31 Å². The van der Waals surface area contributed by atoms with Gasteiger partial charge in [0.15, 0.2) is 5.11 Å². The Kier molecular flexibility index (Phi) is 8.77. The maximum atomic E-state index is 13.1. The Hall–Kier alpha value is -1.42. The quantitative estimate of drug-likeness (QED) is 0.429. The molecule has 0 atom stereocenters. The average molecular weight is 483 g/mol. The molecule has 2 saturated heterocycles. The van der Waals surface area contributed by atoms with Gasteiger partial charge in [-0.15, -0.1) is 0 Å². The van der Waals surface area contributed by atoms with Crippen molar-refractivity contribution in [3.8, 4) is 5.75 Å². The van der Waals surface area contributed by atoms with Crippen LogP contribution < -0.4 is 10.1 Å². The summed E-state index contributed by atoms with van der Waals surface area (Å²) < 4.78 is 33.0. The minimum absolute atomic E-state index is 0.160. The molecule has 3 rings (SSSR count). The van der Waals surface area contributed by atoms with Gasteiger partial charge >= 0.3 is 0 Å². The fourth-order valence-electron chi connectivity index (χ4n) is 4.78. The Morgan fingerprint density at radius 1 is 1.19 bits per heavy atom. The zero-order chi connectivity index (χ0) is 23.2. The van der Waals surface area contributed by atoms with E-state index in [0.29, 0.717) is 23.7 Å². The Morgan fingerprint density at radius 2 is 1.88 bits per heavy atom. The molecule has 2 fully saturated rings. The zero-order valence-corrected chi connectivity index (χ0v) is 21.3. The normalized spacial score (nSPS) is 18.9. The molecular weight excluding hydrogens is 444 g/mol. The van der Waals surface area contributed by atoms with E-state index >= 15 is 0 Å². The van der Waals surface area contributed by atoms with Crippen LogP contribution in [0.2, 0.25) is 0 Å². The van der Waals surface area contributed by atoms with Gasteiger partial charge in [-0.3, -0.25) is 0 Å². The third kappa shape index (κ3) is 5.92. The number of hydrogen-bond donors (Lipinski definition) is 1. The minimum atomic E-state index is -3.50. The second-order valence-electron chi connectivity index (χ2n) is 8.87. The summed E-state index contributed by atoms with van der Waals surface area (Å²) >= 11 is 5.66. The third-order valence-electron chi connectivity index (χ3n) is 7.01. The first-order chi connectivity index (χ1) is 15.3. The van der Waals surface area contributed by atoms with Crippen LogP contribution >= 0.6 is 12.2 Å². The van der Waals surface area contributed by atoms with E-state index in [1.807, 2.05) is 0 Å². The summed E-state index contributed by atoms with van der Waals surface area (Å²) in [6, 6.07) is 6.73. The smallest absolute Gasteiger partial charge is 0.243 e. The van der Waals surface area contributed by atoms with Crippen molar-refractivity contribution < 1.29 is 13.2 Å². The number of ether oxygens (including phenoxy) is 1. The number of sulfonamides is 1. The molecule has 0 aliphatic carbocycles. The number of benzene rings is 1. The topological polar surface area (TPSA) is 65.1 Å². The maximum absolute atomic E-state index is 13.1.